The summed E-state index contributed by atoms with van der Waals surface area (Å²) >= 11 is 0. The Morgan fingerprint density at radius 2 is 1.80 bits per heavy atom. The van der Waals surface area contributed by atoms with Gasteiger partial charge in [-0.3, -0.25) is 9.59 Å². The van der Waals surface area contributed by atoms with Gasteiger partial charge in [-0.15, -0.1) is 0 Å². The van der Waals surface area contributed by atoms with E-state index in [4.69, 9.17) is 5.11 Å². The maximum atomic E-state index is 11.7. The lowest BCUT2D eigenvalue weighted by Crippen LogP contribution is -2.45. The Kier molecular flexibility index (Phi) is 7.02. The highest BCUT2D eigenvalue weighted by atomic mass is 16.4. The zero-order valence-electron chi connectivity index (χ0n) is 12.8. The lowest BCUT2D eigenvalue weighted by molar-refractivity contribution is -0.142. The van der Waals surface area contributed by atoms with Crippen LogP contribution >= 0.6 is 0 Å². The van der Waals surface area contributed by atoms with Gasteiger partial charge in [-0.2, -0.15) is 0 Å². The van der Waals surface area contributed by atoms with E-state index in [2.05, 4.69) is 10.6 Å². The zero-order valence-corrected chi connectivity index (χ0v) is 12.8. The number of nitrogens with zero attached hydrogens (tertiary/aromatic N) is 1. The zero-order chi connectivity index (χ0) is 15.9. The van der Waals surface area contributed by atoms with Crippen LogP contribution in [0.1, 0.15) is 27.2 Å². The Balaban J connectivity index is 4.38. The molecule has 0 aliphatic rings. The van der Waals surface area contributed by atoms with Crippen molar-refractivity contribution in [3.8, 4) is 0 Å². The molecule has 3 amide bonds. The van der Waals surface area contributed by atoms with Crippen LogP contribution in [0.2, 0.25) is 0 Å². The van der Waals surface area contributed by atoms with E-state index in [0.29, 0.717) is 6.42 Å². The van der Waals surface area contributed by atoms with E-state index in [0.717, 1.165) is 0 Å². The molecule has 0 saturated heterocycles. The Hall–Kier alpha value is -1.79. The Bertz CT molecular complexity index is 363. The Morgan fingerprint density at radius 3 is 2.20 bits per heavy atom. The summed E-state index contributed by atoms with van der Waals surface area (Å²) < 4.78 is 0. The number of likely N-dealkylation sites (N-methyl/N-ethyl adjacent to an activating group) is 2. The van der Waals surface area contributed by atoms with Crippen LogP contribution in [-0.4, -0.2) is 55.1 Å². The fraction of sp³-hybridized carbons (Fsp3) is 0.769. The smallest absolute Gasteiger partial charge is 0.317 e. The number of nitrogens with one attached hydrogen (secondary N) is 2. The molecule has 20 heavy (non-hydrogen) atoms. The molecule has 3 N–H and O–H groups in total. The van der Waals surface area contributed by atoms with Gasteiger partial charge in [0.15, 0.2) is 0 Å². The van der Waals surface area contributed by atoms with E-state index in [1.807, 2.05) is 20.8 Å². The van der Waals surface area contributed by atoms with Gasteiger partial charge < -0.3 is 20.6 Å². The van der Waals surface area contributed by atoms with Crippen molar-refractivity contribution in [3.05, 3.63) is 0 Å². The summed E-state index contributed by atoms with van der Waals surface area (Å²) in [5, 5.41) is 14.1. The molecule has 0 rings (SSSR count). The minimum atomic E-state index is -0.936. The van der Waals surface area contributed by atoms with Crippen LogP contribution in [0.5, 0.6) is 0 Å². The molecule has 0 aromatic rings. The summed E-state index contributed by atoms with van der Waals surface area (Å²) in [5.74, 6) is -1.87. The predicted octanol–water partition coefficient (Wildman–Crippen LogP) is 0.511. The summed E-state index contributed by atoms with van der Waals surface area (Å²) in [4.78, 5) is 35.2. The maximum absolute atomic E-state index is 11.7. The van der Waals surface area contributed by atoms with E-state index < -0.39 is 17.9 Å². The summed E-state index contributed by atoms with van der Waals surface area (Å²) in [6.45, 7) is 5.82. The first-order valence-electron chi connectivity index (χ1n) is 6.49. The normalized spacial score (nSPS) is 12.4. The molecule has 0 fully saturated rings. The Labute approximate surface area is 119 Å². The minimum absolute atomic E-state index is 0.0452. The lowest BCUT2D eigenvalue weighted by atomic mass is 9.84. The number of hydrogen-bond acceptors (Lipinski definition) is 3. The molecule has 116 valence electrons. The van der Waals surface area contributed by atoms with Crippen LogP contribution in [0.3, 0.4) is 0 Å². The van der Waals surface area contributed by atoms with Crippen LogP contribution < -0.4 is 10.6 Å². The van der Waals surface area contributed by atoms with Crippen molar-refractivity contribution in [2.45, 2.75) is 27.2 Å². The average molecular weight is 287 g/mol. The molecule has 0 aromatic carbocycles. The van der Waals surface area contributed by atoms with E-state index in [9.17, 15) is 14.4 Å². The van der Waals surface area contributed by atoms with Gasteiger partial charge in [0.1, 0.15) is 6.54 Å². The van der Waals surface area contributed by atoms with Gasteiger partial charge in [-0.25, -0.2) is 4.79 Å². The van der Waals surface area contributed by atoms with Crippen LogP contribution in [0.25, 0.3) is 0 Å². The third-order valence-corrected chi connectivity index (χ3v) is 2.71. The molecule has 0 aliphatic carbocycles. The van der Waals surface area contributed by atoms with Crippen molar-refractivity contribution in [1.29, 1.82) is 0 Å². The monoisotopic (exact) mass is 287 g/mol. The molecule has 0 spiro atoms. The fourth-order valence-corrected chi connectivity index (χ4v) is 1.70. The second kappa shape index (κ2) is 7.72. The summed E-state index contributed by atoms with van der Waals surface area (Å²) in [6.07, 6.45) is 0.460. The molecular weight excluding hydrogens is 262 g/mol. The number of urea groups is 1. The van der Waals surface area contributed by atoms with Gasteiger partial charge >= 0.3 is 12.0 Å². The first-order chi connectivity index (χ1) is 9.06. The van der Waals surface area contributed by atoms with Gasteiger partial charge in [-0.05, 0) is 11.8 Å². The van der Waals surface area contributed by atoms with Gasteiger partial charge in [0.2, 0.25) is 5.91 Å². The standard InChI is InChI=1S/C13H25N3O4/c1-13(2,3)6-9(11(18)19)7-15-12(20)16(5)8-10(17)14-4/h9H,6-8H2,1-5H3,(H,14,17)(H,15,20)(H,18,19). The van der Waals surface area contributed by atoms with E-state index in [1.165, 1.54) is 19.0 Å². The average Bonchev–Trinajstić information content (AvgIpc) is 2.31. The first kappa shape index (κ1) is 18.2. The predicted molar refractivity (Wildman–Crippen MR) is 75.3 cm³/mol. The Morgan fingerprint density at radius 1 is 1.25 bits per heavy atom. The van der Waals surface area contributed by atoms with Gasteiger partial charge in [0.05, 0.1) is 5.92 Å². The highest BCUT2D eigenvalue weighted by molar-refractivity contribution is 5.83. The van der Waals surface area contributed by atoms with Crippen molar-refractivity contribution < 1.29 is 19.5 Å². The highest BCUT2D eigenvalue weighted by Crippen LogP contribution is 2.24. The van der Waals surface area contributed by atoms with Gasteiger partial charge in [-0.1, -0.05) is 20.8 Å². The van der Waals surface area contributed by atoms with Crippen molar-refractivity contribution in [1.82, 2.24) is 15.5 Å². The molecule has 0 heterocycles. The second-order valence-corrected chi connectivity index (χ2v) is 6.02. The molecular formula is C13H25N3O4. The third-order valence-electron chi connectivity index (χ3n) is 2.71. The number of carbonyl (C=O) groups excluding carboxylic acids is 2. The number of rotatable bonds is 6. The molecule has 7 nitrogen and oxygen atoms in total. The fourth-order valence-electron chi connectivity index (χ4n) is 1.70. The minimum Gasteiger partial charge on any atom is -0.481 e. The number of carboxylic acids is 1. The van der Waals surface area contributed by atoms with Crippen LogP contribution in [0, 0.1) is 11.3 Å². The lowest BCUT2D eigenvalue weighted by Gasteiger charge is -2.24. The number of aliphatic carboxylic acids is 1. The number of carboxylic acid groups (broad SMARTS) is 1. The van der Waals surface area contributed by atoms with Crippen LogP contribution in [-0.2, 0) is 9.59 Å². The SMILES string of the molecule is CNC(=O)CN(C)C(=O)NCC(CC(C)(C)C)C(=O)O. The quantitative estimate of drug-likeness (QED) is 0.663. The largest absolute Gasteiger partial charge is 0.481 e. The summed E-state index contributed by atoms with van der Waals surface area (Å²) in [5.41, 5.74) is -0.137. The van der Waals surface area contributed by atoms with E-state index >= 15 is 0 Å². The molecule has 1 atom stereocenters. The second-order valence-electron chi connectivity index (χ2n) is 6.02. The molecule has 7 heteroatoms. The van der Waals surface area contributed by atoms with Crippen molar-refractivity contribution >= 4 is 17.9 Å². The third kappa shape index (κ3) is 7.60. The summed E-state index contributed by atoms with van der Waals surface area (Å²) in [6, 6.07) is -0.464. The summed E-state index contributed by atoms with van der Waals surface area (Å²) in [7, 11) is 2.96. The highest BCUT2D eigenvalue weighted by Gasteiger charge is 2.25. The number of carbonyl (C=O) groups is 3. The topological polar surface area (TPSA) is 98.7 Å². The molecule has 0 aliphatic heterocycles. The molecule has 0 aromatic heterocycles. The van der Waals surface area contributed by atoms with Crippen molar-refractivity contribution in [3.63, 3.8) is 0 Å². The molecule has 0 bridgehead atoms. The van der Waals surface area contributed by atoms with Crippen molar-refractivity contribution in [2.24, 2.45) is 11.3 Å². The maximum Gasteiger partial charge on any atom is 0.317 e. The van der Waals surface area contributed by atoms with Crippen LogP contribution in [0.15, 0.2) is 0 Å². The van der Waals surface area contributed by atoms with Crippen LogP contribution in [0.4, 0.5) is 4.79 Å². The van der Waals surface area contributed by atoms with E-state index in [-0.39, 0.29) is 24.4 Å². The molecule has 0 saturated carbocycles. The molecule has 0 radical (unpaired) electrons. The number of hydrogen-bond donors (Lipinski definition) is 3. The van der Waals surface area contributed by atoms with Gasteiger partial charge in [0, 0.05) is 20.6 Å². The molecule has 1 unspecified atom stereocenters. The number of amides is 3. The van der Waals surface area contributed by atoms with Gasteiger partial charge in [0.25, 0.3) is 0 Å². The van der Waals surface area contributed by atoms with Crippen molar-refractivity contribution in [2.75, 3.05) is 27.2 Å². The first-order valence-corrected chi connectivity index (χ1v) is 6.49. The van der Waals surface area contributed by atoms with E-state index in [1.54, 1.807) is 0 Å².